The molecule has 0 saturated heterocycles. The van der Waals surface area contributed by atoms with Crippen LogP contribution >= 0.6 is 0 Å². The van der Waals surface area contributed by atoms with E-state index < -0.39 is 0 Å². The molecule has 1 aromatic carbocycles. The second-order valence-corrected chi connectivity index (χ2v) is 3.53. The van der Waals surface area contributed by atoms with Crippen molar-refractivity contribution < 1.29 is 9.47 Å². The Balaban J connectivity index is 3.16. The molecule has 4 nitrogen and oxygen atoms in total. The molecule has 0 fully saturated rings. The Morgan fingerprint density at radius 1 is 1.31 bits per heavy atom. The van der Waals surface area contributed by atoms with Gasteiger partial charge in [-0.2, -0.15) is 5.26 Å². The predicted molar refractivity (Wildman–Crippen MR) is 61.4 cm³/mol. The largest absolute Gasteiger partial charge is 0.493 e. The van der Waals surface area contributed by atoms with Crippen LogP contribution in [0.3, 0.4) is 0 Å². The van der Waals surface area contributed by atoms with Crippen molar-refractivity contribution in [1.82, 2.24) is 0 Å². The third-order valence-electron chi connectivity index (χ3n) is 2.48. The number of methoxy groups -OCH3 is 2. The molecule has 16 heavy (non-hydrogen) atoms. The summed E-state index contributed by atoms with van der Waals surface area (Å²) in [5, 5.41) is 8.63. The van der Waals surface area contributed by atoms with E-state index in [-0.39, 0.29) is 12.5 Å². The Labute approximate surface area is 95.6 Å². The van der Waals surface area contributed by atoms with Crippen molar-refractivity contribution in [3.63, 3.8) is 0 Å². The number of hydrogen-bond acceptors (Lipinski definition) is 4. The maximum Gasteiger partial charge on any atom is 0.161 e. The molecule has 2 N–H and O–H groups in total. The highest BCUT2D eigenvalue weighted by Gasteiger charge is 2.13. The number of rotatable bonds is 4. The van der Waals surface area contributed by atoms with Crippen LogP contribution in [0.4, 0.5) is 0 Å². The van der Waals surface area contributed by atoms with Crippen LogP contribution < -0.4 is 15.2 Å². The Hall–Kier alpha value is -1.73. The van der Waals surface area contributed by atoms with Gasteiger partial charge in [0.25, 0.3) is 0 Å². The van der Waals surface area contributed by atoms with Crippen LogP contribution in [-0.4, -0.2) is 14.2 Å². The minimum atomic E-state index is -0.287. The number of hydrogen-bond donors (Lipinski definition) is 1. The van der Waals surface area contributed by atoms with E-state index in [9.17, 15) is 0 Å². The predicted octanol–water partition coefficient (Wildman–Crippen LogP) is 1.93. The second-order valence-electron chi connectivity index (χ2n) is 3.53. The van der Waals surface area contributed by atoms with Gasteiger partial charge in [0.05, 0.1) is 26.7 Å². The molecule has 86 valence electrons. The Bertz CT molecular complexity index is 410. The number of nitrogens with zero attached hydrogens (tertiary/aromatic N) is 1. The summed E-state index contributed by atoms with van der Waals surface area (Å²) in [5.41, 5.74) is 7.82. The molecule has 0 bridgehead atoms. The topological polar surface area (TPSA) is 68.3 Å². The molecule has 0 aliphatic rings. The first kappa shape index (κ1) is 12.3. The third-order valence-corrected chi connectivity index (χ3v) is 2.48. The summed E-state index contributed by atoms with van der Waals surface area (Å²) in [4.78, 5) is 0. The molecule has 0 spiro atoms. The average molecular weight is 220 g/mol. The zero-order valence-electron chi connectivity index (χ0n) is 9.78. The summed E-state index contributed by atoms with van der Waals surface area (Å²) < 4.78 is 10.4. The lowest BCUT2D eigenvalue weighted by Crippen LogP contribution is -2.11. The highest BCUT2D eigenvalue weighted by Crippen LogP contribution is 2.32. The number of ether oxygens (including phenoxy) is 2. The van der Waals surface area contributed by atoms with Crippen molar-refractivity contribution in [3.05, 3.63) is 23.3 Å². The van der Waals surface area contributed by atoms with Gasteiger partial charge in [-0.15, -0.1) is 0 Å². The highest BCUT2D eigenvalue weighted by molar-refractivity contribution is 5.48. The van der Waals surface area contributed by atoms with E-state index in [0.717, 1.165) is 11.1 Å². The van der Waals surface area contributed by atoms with Crippen LogP contribution in [0.1, 0.15) is 23.6 Å². The monoisotopic (exact) mass is 220 g/mol. The zero-order valence-corrected chi connectivity index (χ0v) is 9.78. The van der Waals surface area contributed by atoms with Gasteiger partial charge in [-0.25, -0.2) is 0 Å². The minimum Gasteiger partial charge on any atom is -0.493 e. The van der Waals surface area contributed by atoms with Gasteiger partial charge in [-0.05, 0) is 30.2 Å². The third kappa shape index (κ3) is 2.44. The van der Waals surface area contributed by atoms with Crippen molar-refractivity contribution in [2.75, 3.05) is 14.2 Å². The van der Waals surface area contributed by atoms with Crippen molar-refractivity contribution in [2.45, 2.75) is 19.4 Å². The summed E-state index contributed by atoms with van der Waals surface area (Å²) in [6.45, 7) is 1.94. The standard InChI is InChI=1S/C12H16N2O2/c1-8-6-11(15-2)12(16-3)7-9(8)10(14)4-5-13/h6-7,10H,4,14H2,1-3H3. The van der Waals surface area contributed by atoms with Gasteiger partial charge >= 0.3 is 0 Å². The molecular formula is C12H16N2O2. The lowest BCUT2D eigenvalue weighted by molar-refractivity contribution is 0.354. The number of aryl methyl sites for hydroxylation is 1. The summed E-state index contributed by atoms with van der Waals surface area (Å²) >= 11 is 0. The number of nitrogens with two attached hydrogens (primary N) is 1. The molecule has 0 heterocycles. The average Bonchev–Trinajstić information content (AvgIpc) is 2.28. The molecule has 0 aliphatic carbocycles. The van der Waals surface area contributed by atoms with Gasteiger partial charge in [0.15, 0.2) is 11.5 Å². The molecule has 0 saturated carbocycles. The first-order valence-electron chi connectivity index (χ1n) is 4.99. The Morgan fingerprint density at radius 3 is 2.38 bits per heavy atom. The quantitative estimate of drug-likeness (QED) is 0.841. The molecule has 0 aromatic heterocycles. The molecule has 4 heteroatoms. The van der Waals surface area contributed by atoms with Gasteiger partial charge < -0.3 is 15.2 Å². The second kappa shape index (κ2) is 5.38. The van der Waals surface area contributed by atoms with Crippen molar-refractivity contribution >= 4 is 0 Å². The molecule has 1 aromatic rings. The zero-order chi connectivity index (χ0) is 12.1. The van der Waals surface area contributed by atoms with Crippen LogP contribution in [-0.2, 0) is 0 Å². The van der Waals surface area contributed by atoms with Gasteiger partial charge in [0, 0.05) is 6.04 Å². The van der Waals surface area contributed by atoms with Crippen LogP contribution in [0.5, 0.6) is 11.5 Å². The molecular weight excluding hydrogens is 204 g/mol. The van der Waals surface area contributed by atoms with E-state index in [1.807, 2.05) is 19.1 Å². The Morgan fingerprint density at radius 2 is 1.88 bits per heavy atom. The molecule has 0 aliphatic heterocycles. The van der Waals surface area contributed by atoms with Crippen LogP contribution in [0, 0.1) is 18.3 Å². The van der Waals surface area contributed by atoms with Crippen molar-refractivity contribution in [2.24, 2.45) is 5.73 Å². The smallest absolute Gasteiger partial charge is 0.161 e. The van der Waals surface area contributed by atoms with Crippen molar-refractivity contribution in [3.8, 4) is 17.6 Å². The maximum absolute atomic E-state index is 8.63. The molecule has 0 amide bonds. The first-order chi connectivity index (χ1) is 7.63. The number of benzene rings is 1. The lowest BCUT2D eigenvalue weighted by Gasteiger charge is -2.15. The van der Waals surface area contributed by atoms with Crippen LogP contribution in [0.25, 0.3) is 0 Å². The van der Waals surface area contributed by atoms with Crippen molar-refractivity contribution in [1.29, 1.82) is 5.26 Å². The normalized spacial score (nSPS) is 11.7. The summed E-state index contributed by atoms with van der Waals surface area (Å²) in [7, 11) is 3.17. The molecule has 0 radical (unpaired) electrons. The minimum absolute atomic E-state index is 0.287. The summed E-state index contributed by atoms with van der Waals surface area (Å²) in [6.07, 6.45) is 0.288. The van der Waals surface area contributed by atoms with Gasteiger partial charge in [0.2, 0.25) is 0 Å². The van der Waals surface area contributed by atoms with E-state index in [2.05, 4.69) is 6.07 Å². The van der Waals surface area contributed by atoms with Gasteiger partial charge in [-0.1, -0.05) is 0 Å². The fraction of sp³-hybridized carbons (Fsp3) is 0.417. The van der Waals surface area contributed by atoms with E-state index in [4.69, 9.17) is 20.5 Å². The van der Waals surface area contributed by atoms with E-state index in [1.54, 1.807) is 14.2 Å². The lowest BCUT2D eigenvalue weighted by atomic mass is 9.99. The van der Waals surface area contributed by atoms with E-state index >= 15 is 0 Å². The summed E-state index contributed by atoms with van der Waals surface area (Å²) in [6, 6.07) is 5.47. The van der Waals surface area contributed by atoms with Crippen LogP contribution in [0.2, 0.25) is 0 Å². The van der Waals surface area contributed by atoms with E-state index in [1.165, 1.54) is 0 Å². The van der Waals surface area contributed by atoms with Gasteiger partial charge in [0.1, 0.15) is 0 Å². The number of nitriles is 1. The fourth-order valence-electron chi connectivity index (χ4n) is 1.60. The van der Waals surface area contributed by atoms with E-state index in [0.29, 0.717) is 11.5 Å². The van der Waals surface area contributed by atoms with Crippen LogP contribution in [0.15, 0.2) is 12.1 Å². The maximum atomic E-state index is 8.63. The molecule has 1 rings (SSSR count). The SMILES string of the molecule is COc1cc(C)c(C(N)CC#N)cc1OC. The first-order valence-corrected chi connectivity index (χ1v) is 4.99. The molecule has 1 atom stereocenters. The Kier molecular flexibility index (Phi) is 4.15. The summed E-state index contributed by atoms with van der Waals surface area (Å²) in [5.74, 6) is 1.31. The molecule has 1 unspecified atom stereocenters. The fourth-order valence-corrected chi connectivity index (χ4v) is 1.60. The highest BCUT2D eigenvalue weighted by atomic mass is 16.5. The van der Waals surface area contributed by atoms with Gasteiger partial charge in [-0.3, -0.25) is 0 Å².